The van der Waals surface area contributed by atoms with Gasteiger partial charge in [-0.1, -0.05) is 20.8 Å². The highest BCUT2D eigenvalue weighted by atomic mass is 16.3. The molecule has 2 heterocycles. The van der Waals surface area contributed by atoms with Gasteiger partial charge in [0.1, 0.15) is 5.52 Å². The van der Waals surface area contributed by atoms with Gasteiger partial charge in [0.05, 0.1) is 0 Å². The van der Waals surface area contributed by atoms with Crippen molar-refractivity contribution < 1.29 is 9.21 Å². The second-order valence-electron chi connectivity index (χ2n) is 9.96. The van der Waals surface area contributed by atoms with E-state index in [2.05, 4.69) is 38.2 Å². The molecule has 1 saturated carbocycles. The van der Waals surface area contributed by atoms with Gasteiger partial charge < -0.3 is 9.73 Å². The molecule has 138 valence electrons. The third-order valence-electron chi connectivity index (χ3n) is 7.01. The van der Waals surface area contributed by atoms with E-state index in [4.69, 9.17) is 9.40 Å². The summed E-state index contributed by atoms with van der Waals surface area (Å²) >= 11 is 0. The zero-order valence-corrected chi connectivity index (χ0v) is 16.1. The van der Waals surface area contributed by atoms with Crippen LogP contribution in [0.15, 0.2) is 16.5 Å². The lowest BCUT2D eigenvalue weighted by molar-refractivity contribution is -0.143. The van der Waals surface area contributed by atoms with Crippen molar-refractivity contribution in [3.05, 3.63) is 29.2 Å². The molecule has 2 aromatic rings. The molecular weight excluding hydrogens is 324 g/mol. The Kier molecular flexibility index (Phi) is 3.21. The molecule has 1 aliphatic heterocycles. The van der Waals surface area contributed by atoms with E-state index < -0.39 is 0 Å². The van der Waals surface area contributed by atoms with Gasteiger partial charge in [0, 0.05) is 17.4 Å². The number of nitrogens with one attached hydrogen (secondary N) is 1. The Bertz CT molecular complexity index is 873. The topological polar surface area (TPSA) is 55.1 Å². The summed E-state index contributed by atoms with van der Waals surface area (Å²) in [5.74, 6) is 1.01. The van der Waals surface area contributed by atoms with Crippen LogP contribution in [0.4, 0.5) is 0 Å². The van der Waals surface area contributed by atoms with E-state index in [-0.39, 0.29) is 22.2 Å². The van der Waals surface area contributed by atoms with Crippen LogP contribution < -0.4 is 5.32 Å². The highest BCUT2D eigenvalue weighted by Gasteiger charge is 2.57. The van der Waals surface area contributed by atoms with Crippen molar-refractivity contribution in [1.29, 1.82) is 0 Å². The molecule has 1 aromatic carbocycles. The van der Waals surface area contributed by atoms with Crippen molar-refractivity contribution >= 4 is 17.0 Å². The van der Waals surface area contributed by atoms with Crippen molar-refractivity contribution in [2.75, 3.05) is 6.54 Å². The van der Waals surface area contributed by atoms with E-state index in [1.165, 1.54) is 24.0 Å². The molecule has 5 rings (SSSR count). The lowest BCUT2D eigenvalue weighted by atomic mass is 9.52. The first kappa shape index (κ1) is 16.3. The highest BCUT2D eigenvalue weighted by molar-refractivity contribution is 5.84. The van der Waals surface area contributed by atoms with E-state index in [1.807, 2.05) is 0 Å². The van der Waals surface area contributed by atoms with Gasteiger partial charge in [0.2, 0.25) is 11.8 Å². The maximum atomic E-state index is 12.6. The largest absolute Gasteiger partial charge is 0.440 e. The molecule has 1 aromatic heterocycles. The van der Waals surface area contributed by atoms with Crippen LogP contribution in [0, 0.1) is 10.8 Å². The van der Waals surface area contributed by atoms with Gasteiger partial charge in [0.15, 0.2) is 5.58 Å². The SMILES string of the molecule is C[C@]12CNC(=O)[C@](C)(C1)C[C@](C)(c1nc3cc4c(cc3o1)CCCC4)C2. The van der Waals surface area contributed by atoms with Crippen molar-refractivity contribution in [1.82, 2.24) is 10.3 Å². The fourth-order valence-corrected chi connectivity index (χ4v) is 6.29. The zero-order chi connectivity index (χ0) is 18.2. The van der Waals surface area contributed by atoms with E-state index in [1.54, 1.807) is 0 Å². The van der Waals surface area contributed by atoms with Gasteiger partial charge in [-0.3, -0.25) is 4.79 Å². The number of hydrogen-bond donors (Lipinski definition) is 1. The van der Waals surface area contributed by atoms with Gasteiger partial charge >= 0.3 is 0 Å². The second kappa shape index (κ2) is 5.11. The molecule has 0 unspecified atom stereocenters. The minimum Gasteiger partial charge on any atom is -0.440 e. The molecule has 4 nitrogen and oxygen atoms in total. The third-order valence-corrected chi connectivity index (χ3v) is 7.01. The average Bonchev–Trinajstić information content (AvgIpc) is 2.99. The van der Waals surface area contributed by atoms with Crippen LogP contribution in [0.3, 0.4) is 0 Å². The molecule has 26 heavy (non-hydrogen) atoms. The molecule has 1 saturated heterocycles. The number of benzene rings is 1. The number of carbonyl (C=O) groups excluding carboxylic acids is 1. The lowest BCUT2D eigenvalue weighted by Gasteiger charge is -2.54. The summed E-state index contributed by atoms with van der Waals surface area (Å²) in [6.07, 6.45) is 7.60. The molecular formula is C22H28N2O2. The molecule has 3 atom stereocenters. The minimum atomic E-state index is -0.333. The smallest absolute Gasteiger partial charge is 0.226 e. The number of aryl methyl sites for hydroxylation is 2. The summed E-state index contributed by atoms with van der Waals surface area (Å²) in [4.78, 5) is 17.5. The number of oxazole rings is 1. The summed E-state index contributed by atoms with van der Waals surface area (Å²) in [5.41, 5.74) is 4.34. The maximum absolute atomic E-state index is 12.6. The number of fused-ring (bicyclic) bond motifs is 4. The fraction of sp³-hybridized carbons (Fsp3) is 0.636. The quantitative estimate of drug-likeness (QED) is 0.833. The summed E-state index contributed by atoms with van der Waals surface area (Å²) < 4.78 is 6.32. The highest BCUT2D eigenvalue weighted by Crippen LogP contribution is 2.56. The molecule has 2 fully saturated rings. The van der Waals surface area contributed by atoms with Crippen LogP contribution in [0.2, 0.25) is 0 Å². The molecule has 1 N–H and O–H groups in total. The van der Waals surface area contributed by atoms with Crippen LogP contribution in [0.5, 0.6) is 0 Å². The first-order chi connectivity index (χ1) is 12.3. The first-order valence-electron chi connectivity index (χ1n) is 10.00. The Morgan fingerprint density at radius 2 is 1.69 bits per heavy atom. The van der Waals surface area contributed by atoms with Crippen molar-refractivity contribution in [2.45, 2.75) is 71.1 Å². The van der Waals surface area contributed by atoms with E-state index >= 15 is 0 Å². The van der Waals surface area contributed by atoms with Gasteiger partial charge in [0.25, 0.3) is 0 Å². The minimum absolute atomic E-state index is 0.107. The molecule has 4 heteroatoms. The van der Waals surface area contributed by atoms with Crippen LogP contribution in [0.25, 0.3) is 11.1 Å². The molecule has 0 radical (unpaired) electrons. The lowest BCUT2D eigenvalue weighted by Crippen LogP contribution is -2.59. The summed E-state index contributed by atoms with van der Waals surface area (Å²) in [6.45, 7) is 7.40. The van der Waals surface area contributed by atoms with Gasteiger partial charge in [-0.2, -0.15) is 0 Å². The van der Waals surface area contributed by atoms with Gasteiger partial charge in [-0.15, -0.1) is 0 Å². The van der Waals surface area contributed by atoms with Gasteiger partial charge in [-0.25, -0.2) is 4.98 Å². The molecule has 3 aliphatic rings. The Morgan fingerprint density at radius 3 is 2.46 bits per heavy atom. The predicted octanol–water partition coefficient (Wildman–Crippen LogP) is 4.29. The second-order valence-corrected chi connectivity index (χ2v) is 9.96. The molecule has 2 aliphatic carbocycles. The predicted molar refractivity (Wildman–Crippen MR) is 101 cm³/mol. The van der Waals surface area contributed by atoms with Crippen molar-refractivity contribution in [3.63, 3.8) is 0 Å². The van der Waals surface area contributed by atoms with Crippen LogP contribution in [-0.4, -0.2) is 17.4 Å². The molecule has 1 amide bonds. The summed E-state index contributed by atoms with van der Waals surface area (Å²) in [5, 5.41) is 3.13. The van der Waals surface area contributed by atoms with E-state index in [9.17, 15) is 4.79 Å². The first-order valence-corrected chi connectivity index (χ1v) is 10.00. The third kappa shape index (κ3) is 2.34. The molecule has 2 bridgehead atoms. The van der Waals surface area contributed by atoms with Crippen molar-refractivity contribution in [3.8, 4) is 0 Å². The number of carbonyl (C=O) groups is 1. The van der Waals surface area contributed by atoms with Gasteiger partial charge in [-0.05, 0) is 73.6 Å². The number of hydrogen-bond acceptors (Lipinski definition) is 3. The Morgan fingerprint density at radius 1 is 1.00 bits per heavy atom. The average molecular weight is 352 g/mol. The van der Waals surface area contributed by atoms with Crippen molar-refractivity contribution in [2.24, 2.45) is 10.8 Å². The number of amides is 1. The number of rotatable bonds is 1. The van der Waals surface area contributed by atoms with E-state index in [0.717, 1.165) is 55.6 Å². The standard InChI is InChI=1S/C22H28N2O2/c1-20-10-21(2,18(25)23-13-20)12-22(3,11-20)19-24-16-8-14-6-4-5-7-15(14)9-17(16)26-19/h8-9H,4-7,10-13H2,1-3H3,(H,23,25)/t20-,21+,22+/m0/s1. The van der Waals surface area contributed by atoms with E-state index in [0.29, 0.717) is 0 Å². The maximum Gasteiger partial charge on any atom is 0.226 e. The zero-order valence-electron chi connectivity index (χ0n) is 16.1. The summed E-state index contributed by atoms with van der Waals surface area (Å²) in [7, 11) is 0. The van der Waals surface area contributed by atoms with Crippen LogP contribution in [0.1, 0.15) is 69.9 Å². The Labute approximate surface area is 154 Å². The number of nitrogens with zero attached hydrogens (tertiary/aromatic N) is 1. The Balaban J connectivity index is 1.59. The number of piperidine rings is 1. The Hall–Kier alpha value is -1.84. The number of aromatic nitrogens is 1. The van der Waals surface area contributed by atoms with Crippen LogP contribution >= 0.6 is 0 Å². The van der Waals surface area contributed by atoms with Crippen LogP contribution in [-0.2, 0) is 23.1 Å². The monoisotopic (exact) mass is 352 g/mol. The normalized spacial score (nSPS) is 36.7. The fourth-order valence-electron chi connectivity index (χ4n) is 6.29. The molecule has 0 spiro atoms. The summed E-state index contributed by atoms with van der Waals surface area (Å²) in [6, 6.07) is 4.45.